The minimum atomic E-state index is -4.36. The standard InChI is InChI=1S/C24H23NO6S/c1-29-17-13-22(30-2)24(31-3,20-15-25-21-12-8-7-11-19(20)21)23(14-17,16-26)32(27,28)18-9-5-4-6-10-18/h4-16,25H,1-3H3. The van der Waals surface area contributed by atoms with Crippen LogP contribution < -0.4 is 0 Å². The third-order valence-corrected chi connectivity index (χ3v) is 8.21. The number of hydrogen-bond donors (Lipinski definition) is 1. The van der Waals surface area contributed by atoms with Crippen LogP contribution in [0, 0.1) is 0 Å². The molecule has 1 heterocycles. The number of sulfone groups is 1. The van der Waals surface area contributed by atoms with Crippen molar-refractivity contribution in [2.24, 2.45) is 0 Å². The van der Waals surface area contributed by atoms with Crippen LogP contribution in [0.2, 0.25) is 0 Å². The van der Waals surface area contributed by atoms with E-state index in [1.54, 1.807) is 24.4 Å². The molecule has 0 spiro atoms. The maximum Gasteiger partial charge on any atom is 0.198 e. The van der Waals surface area contributed by atoms with E-state index in [9.17, 15) is 13.2 Å². The molecule has 0 saturated carbocycles. The van der Waals surface area contributed by atoms with Gasteiger partial charge < -0.3 is 24.0 Å². The summed E-state index contributed by atoms with van der Waals surface area (Å²) in [6, 6.07) is 15.2. The number of ether oxygens (including phenoxy) is 3. The lowest BCUT2D eigenvalue weighted by molar-refractivity contribution is -0.118. The molecule has 0 amide bonds. The Labute approximate surface area is 186 Å². The number of carbonyl (C=O) groups is 1. The van der Waals surface area contributed by atoms with Crippen molar-refractivity contribution in [1.82, 2.24) is 4.98 Å². The van der Waals surface area contributed by atoms with Crippen LogP contribution in [0.15, 0.2) is 89.4 Å². The number of H-pyrrole nitrogens is 1. The Bertz CT molecular complexity index is 1320. The van der Waals surface area contributed by atoms with Crippen molar-refractivity contribution in [3.05, 3.63) is 90.0 Å². The van der Waals surface area contributed by atoms with Gasteiger partial charge in [-0.05, 0) is 24.3 Å². The normalized spacial score (nSPS) is 23.3. The number of benzene rings is 2. The highest BCUT2D eigenvalue weighted by Gasteiger charge is 2.66. The molecule has 1 aliphatic carbocycles. The first-order valence-electron chi connectivity index (χ1n) is 9.82. The smallest absolute Gasteiger partial charge is 0.198 e. The number of aromatic amines is 1. The molecule has 7 nitrogen and oxygen atoms in total. The van der Waals surface area contributed by atoms with E-state index in [2.05, 4.69) is 4.98 Å². The Hall–Kier alpha value is -3.36. The monoisotopic (exact) mass is 453 g/mol. The number of methoxy groups -OCH3 is 3. The lowest BCUT2D eigenvalue weighted by Gasteiger charge is -2.46. The minimum Gasteiger partial charge on any atom is -0.497 e. The molecule has 2 aromatic carbocycles. The summed E-state index contributed by atoms with van der Waals surface area (Å²) in [5.74, 6) is 0.289. The summed E-state index contributed by atoms with van der Waals surface area (Å²) < 4.78 is 43.2. The number of aldehydes is 1. The first-order valence-corrected chi connectivity index (χ1v) is 11.3. The number of para-hydroxylation sites is 1. The van der Waals surface area contributed by atoms with Crippen LogP contribution in [-0.4, -0.2) is 45.8 Å². The molecular weight excluding hydrogens is 430 g/mol. The summed E-state index contributed by atoms with van der Waals surface area (Å²) >= 11 is 0. The lowest BCUT2D eigenvalue weighted by atomic mass is 9.76. The van der Waals surface area contributed by atoms with Gasteiger partial charge in [-0.25, -0.2) is 8.42 Å². The molecular formula is C24H23NO6S. The van der Waals surface area contributed by atoms with E-state index in [-0.39, 0.29) is 16.4 Å². The van der Waals surface area contributed by atoms with Gasteiger partial charge in [0.05, 0.1) is 19.1 Å². The van der Waals surface area contributed by atoms with Crippen molar-refractivity contribution in [1.29, 1.82) is 0 Å². The fourth-order valence-corrected chi connectivity index (χ4v) is 6.39. The maximum absolute atomic E-state index is 14.2. The average Bonchev–Trinajstić information content (AvgIpc) is 3.27. The molecule has 2 atom stereocenters. The van der Waals surface area contributed by atoms with Crippen LogP contribution in [0.25, 0.3) is 10.9 Å². The summed E-state index contributed by atoms with van der Waals surface area (Å²) in [5, 5.41) is 0.695. The molecule has 3 aromatic rings. The van der Waals surface area contributed by atoms with Crippen molar-refractivity contribution in [2.75, 3.05) is 21.3 Å². The van der Waals surface area contributed by atoms with Gasteiger partial charge in [0.15, 0.2) is 20.2 Å². The first kappa shape index (κ1) is 21.9. The lowest BCUT2D eigenvalue weighted by Crippen LogP contribution is -2.60. The first-order chi connectivity index (χ1) is 15.4. The highest BCUT2D eigenvalue weighted by Crippen LogP contribution is 2.53. The van der Waals surface area contributed by atoms with E-state index < -0.39 is 20.2 Å². The minimum absolute atomic E-state index is 0.0302. The SMILES string of the molecule is COC1=CC(C=O)(S(=O)(=O)c2ccccc2)C(OC)(c2c[nH]c3ccccc23)C(OC)=C1. The average molecular weight is 454 g/mol. The molecule has 166 valence electrons. The van der Waals surface area contributed by atoms with E-state index in [4.69, 9.17) is 14.2 Å². The fraction of sp³-hybridized carbons (Fsp3) is 0.208. The van der Waals surface area contributed by atoms with Crippen molar-refractivity contribution in [3.63, 3.8) is 0 Å². The maximum atomic E-state index is 14.2. The Morgan fingerprint density at radius 3 is 2.25 bits per heavy atom. The Morgan fingerprint density at radius 2 is 1.62 bits per heavy atom. The van der Waals surface area contributed by atoms with Crippen LogP contribution in [0.1, 0.15) is 5.56 Å². The third kappa shape index (κ3) is 2.76. The molecule has 1 aliphatic rings. The van der Waals surface area contributed by atoms with Gasteiger partial charge >= 0.3 is 0 Å². The topological polar surface area (TPSA) is 94.7 Å². The van der Waals surface area contributed by atoms with Gasteiger partial charge in [0.2, 0.25) is 0 Å². The molecule has 32 heavy (non-hydrogen) atoms. The molecule has 0 fully saturated rings. The summed E-state index contributed by atoms with van der Waals surface area (Å²) in [5.41, 5.74) is -0.630. The predicted octanol–water partition coefficient (Wildman–Crippen LogP) is 3.50. The van der Waals surface area contributed by atoms with Crippen molar-refractivity contribution in [2.45, 2.75) is 15.2 Å². The van der Waals surface area contributed by atoms with Gasteiger partial charge in [-0.3, -0.25) is 0 Å². The molecule has 1 aromatic heterocycles. The molecule has 1 N–H and O–H groups in total. The van der Waals surface area contributed by atoms with E-state index >= 15 is 0 Å². The van der Waals surface area contributed by atoms with Crippen LogP contribution in [0.4, 0.5) is 0 Å². The zero-order chi connectivity index (χ0) is 23.0. The number of nitrogens with one attached hydrogen (secondary N) is 1. The predicted molar refractivity (Wildman–Crippen MR) is 120 cm³/mol. The van der Waals surface area contributed by atoms with Gasteiger partial charge in [-0.15, -0.1) is 0 Å². The zero-order valence-corrected chi connectivity index (χ0v) is 18.7. The van der Waals surface area contributed by atoms with E-state index in [0.717, 1.165) is 5.52 Å². The van der Waals surface area contributed by atoms with Gasteiger partial charge in [-0.1, -0.05) is 36.4 Å². The second kappa shape index (κ2) is 7.96. The Balaban J connectivity index is 2.17. The molecule has 0 radical (unpaired) electrons. The molecule has 0 bridgehead atoms. The van der Waals surface area contributed by atoms with Crippen molar-refractivity contribution >= 4 is 27.0 Å². The summed E-state index contributed by atoms with van der Waals surface area (Å²) in [7, 11) is -0.203. The molecule has 2 unspecified atom stereocenters. The summed E-state index contributed by atoms with van der Waals surface area (Å²) in [6.45, 7) is 0. The van der Waals surface area contributed by atoms with Crippen LogP contribution >= 0.6 is 0 Å². The molecule has 8 heteroatoms. The summed E-state index contributed by atoms with van der Waals surface area (Å²) in [6.07, 6.45) is 4.86. The second-order valence-corrected chi connectivity index (χ2v) is 9.48. The van der Waals surface area contributed by atoms with E-state index in [1.807, 2.05) is 24.3 Å². The van der Waals surface area contributed by atoms with Crippen molar-refractivity contribution in [3.8, 4) is 0 Å². The van der Waals surface area contributed by atoms with Crippen LogP contribution in [0.3, 0.4) is 0 Å². The largest absolute Gasteiger partial charge is 0.497 e. The number of allylic oxidation sites excluding steroid dienone is 1. The fourth-order valence-electron chi connectivity index (χ4n) is 4.42. The number of carbonyl (C=O) groups excluding carboxylic acids is 1. The number of rotatable bonds is 7. The van der Waals surface area contributed by atoms with Gasteiger partial charge in [0, 0.05) is 35.8 Å². The summed E-state index contributed by atoms with van der Waals surface area (Å²) in [4.78, 5) is 16.1. The van der Waals surface area contributed by atoms with Gasteiger partial charge in [-0.2, -0.15) is 0 Å². The van der Waals surface area contributed by atoms with E-state index in [1.165, 1.54) is 45.6 Å². The highest BCUT2D eigenvalue weighted by molar-refractivity contribution is 7.93. The van der Waals surface area contributed by atoms with Crippen LogP contribution in [-0.2, 0) is 34.4 Å². The van der Waals surface area contributed by atoms with Gasteiger partial charge in [0.1, 0.15) is 17.8 Å². The Kier molecular flexibility index (Phi) is 5.44. The highest BCUT2D eigenvalue weighted by atomic mass is 32.2. The molecule has 0 saturated heterocycles. The van der Waals surface area contributed by atoms with Crippen LogP contribution in [0.5, 0.6) is 0 Å². The number of aromatic nitrogens is 1. The third-order valence-electron chi connectivity index (χ3n) is 5.93. The quantitative estimate of drug-likeness (QED) is 0.551. The van der Waals surface area contributed by atoms with Crippen molar-refractivity contribution < 1.29 is 27.4 Å². The molecule has 0 aliphatic heterocycles. The number of hydrogen-bond acceptors (Lipinski definition) is 6. The Morgan fingerprint density at radius 1 is 0.938 bits per heavy atom. The van der Waals surface area contributed by atoms with E-state index in [0.29, 0.717) is 17.2 Å². The zero-order valence-electron chi connectivity index (χ0n) is 17.9. The number of fused-ring (bicyclic) bond motifs is 1. The second-order valence-electron chi connectivity index (χ2n) is 7.32. The van der Waals surface area contributed by atoms with Gasteiger partial charge in [0.25, 0.3) is 0 Å². The molecule has 4 rings (SSSR count).